The van der Waals surface area contributed by atoms with E-state index >= 15 is 0 Å². The Balaban J connectivity index is 1.35. The van der Waals surface area contributed by atoms with Crippen LogP contribution in [0.3, 0.4) is 0 Å². The molecular weight excluding hydrogens is 416 g/mol. The monoisotopic (exact) mass is 438 g/mol. The molecule has 0 radical (unpaired) electrons. The molecule has 0 bridgehead atoms. The molecule has 1 atom stereocenters. The molecule has 1 aliphatic heterocycles. The van der Waals surface area contributed by atoms with Crippen LogP contribution in [-0.2, 0) is 30.4 Å². The second kappa shape index (κ2) is 8.11. The van der Waals surface area contributed by atoms with Gasteiger partial charge in [-0.3, -0.25) is 14.5 Å². The second-order valence-corrected chi connectivity index (χ2v) is 8.43. The number of aromatic nitrogens is 4. The third-order valence-corrected chi connectivity index (χ3v) is 5.90. The first-order valence-electron chi connectivity index (χ1n) is 10.6. The Morgan fingerprint density at radius 1 is 1.24 bits per heavy atom. The second-order valence-electron chi connectivity index (χ2n) is 8.43. The fourth-order valence-corrected chi connectivity index (χ4v) is 4.01. The Morgan fingerprint density at radius 2 is 2.12 bits per heavy atom. The van der Waals surface area contributed by atoms with Gasteiger partial charge in [0, 0.05) is 30.4 Å². The van der Waals surface area contributed by atoms with Crippen molar-refractivity contribution in [2.24, 2.45) is 7.05 Å². The zero-order chi connectivity index (χ0) is 23.0. The van der Waals surface area contributed by atoms with Crippen LogP contribution in [0.5, 0.6) is 0 Å². The SMILES string of the molecule is Cn1ccc(-c2ccc3cnc(CNC(=O)c4ccc5c(c4)[C@](C)(C#N)COC5)cc3n2)n1. The number of benzene rings is 1. The van der Waals surface area contributed by atoms with Gasteiger partial charge in [-0.15, -0.1) is 0 Å². The lowest BCUT2D eigenvalue weighted by molar-refractivity contribution is 0.0757. The summed E-state index contributed by atoms with van der Waals surface area (Å²) in [6.07, 6.45) is 3.63. The van der Waals surface area contributed by atoms with Crippen LogP contribution in [0, 0.1) is 11.3 Å². The summed E-state index contributed by atoms with van der Waals surface area (Å²) < 4.78 is 7.28. The molecule has 1 aromatic carbocycles. The van der Waals surface area contributed by atoms with E-state index in [1.54, 1.807) is 23.0 Å². The maximum Gasteiger partial charge on any atom is 0.251 e. The summed E-state index contributed by atoms with van der Waals surface area (Å²) in [6.45, 7) is 2.86. The van der Waals surface area contributed by atoms with Gasteiger partial charge in [0.25, 0.3) is 5.91 Å². The van der Waals surface area contributed by atoms with Crippen molar-refractivity contribution in [3.05, 3.63) is 77.2 Å². The highest BCUT2D eigenvalue weighted by molar-refractivity contribution is 5.94. The fourth-order valence-electron chi connectivity index (χ4n) is 4.01. The molecule has 164 valence electrons. The molecule has 0 unspecified atom stereocenters. The largest absolute Gasteiger partial charge is 0.375 e. The van der Waals surface area contributed by atoms with Crippen LogP contribution in [0.25, 0.3) is 22.3 Å². The average Bonchev–Trinajstić information content (AvgIpc) is 3.28. The van der Waals surface area contributed by atoms with Crippen molar-refractivity contribution >= 4 is 16.8 Å². The van der Waals surface area contributed by atoms with Crippen molar-refractivity contribution < 1.29 is 9.53 Å². The third kappa shape index (κ3) is 3.95. The van der Waals surface area contributed by atoms with Gasteiger partial charge in [-0.05, 0) is 54.4 Å². The lowest BCUT2D eigenvalue weighted by Gasteiger charge is -2.30. The first kappa shape index (κ1) is 20.8. The van der Waals surface area contributed by atoms with Crippen molar-refractivity contribution in [1.29, 1.82) is 5.26 Å². The van der Waals surface area contributed by atoms with E-state index in [4.69, 9.17) is 9.72 Å². The molecule has 1 aliphatic rings. The highest BCUT2D eigenvalue weighted by Gasteiger charge is 2.33. The van der Waals surface area contributed by atoms with E-state index in [9.17, 15) is 10.1 Å². The number of aryl methyl sites for hydroxylation is 1. The standard InChI is InChI=1S/C25H22N6O2/c1-25(14-26)15-33-13-18-4-3-16(9-20(18)25)24(32)28-12-19-10-23-17(11-27-19)5-6-21(29-23)22-7-8-31(2)30-22/h3-11H,12-13,15H2,1-2H3,(H,28,32)/t25-/m1/s1. The predicted octanol–water partition coefficient (Wildman–Crippen LogP) is 3.27. The zero-order valence-electron chi connectivity index (χ0n) is 18.4. The van der Waals surface area contributed by atoms with Crippen LogP contribution >= 0.6 is 0 Å². The molecule has 0 saturated carbocycles. The minimum Gasteiger partial charge on any atom is -0.375 e. The third-order valence-electron chi connectivity index (χ3n) is 5.90. The molecule has 8 nitrogen and oxygen atoms in total. The van der Waals surface area contributed by atoms with Gasteiger partial charge >= 0.3 is 0 Å². The molecule has 0 spiro atoms. The Hall–Kier alpha value is -4.09. The molecule has 4 heterocycles. The van der Waals surface area contributed by atoms with Gasteiger partial charge in [-0.1, -0.05) is 6.07 Å². The minimum absolute atomic E-state index is 0.221. The van der Waals surface area contributed by atoms with Crippen molar-refractivity contribution in [1.82, 2.24) is 25.1 Å². The number of nitrogens with zero attached hydrogens (tertiary/aromatic N) is 5. The van der Waals surface area contributed by atoms with E-state index in [0.29, 0.717) is 24.5 Å². The van der Waals surface area contributed by atoms with Crippen molar-refractivity contribution in [3.8, 4) is 17.5 Å². The molecular formula is C25H22N6O2. The van der Waals surface area contributed by atoms with Crippen LogP contribution in [0.4, 0.5) is 0 Å². The lowest BCUT2D eigenvalue weighted by Crippen LogP contribution is -2.33. The number of carbonyl (C=O) groups is 1. The Morgan fingerprint density at radius 3 is 2.91 bits per heavy atom. The summed E-state index contributed by atoms with van der Waals surface area (Å²) in [4.78, 5) is 22.0. The normalized spacial score (nSPS) is 17.4. The van der Waals surface area contributed by atoms with E-state index in [1.807, 2.05) is 50.5 Å². The van der Waals surface area contributed by atoms with Crippen LogP contribution in [0.1, 0.15) is 34.1 Å². The van der Waals surface area contributed by atoms with Gasteiger partial charge in [-0.2, -0.15) is 10.4 Å². The van der Waals surface area contributed by atoms with E-state index in [0.717, 1.165) is 33.4 Å². The number of hydrogen-bond acceptors (Lipinski definition) is 6. The van der Waals surface area contributed by atoms with E-state index in [1.165, 1.54) is 0 Å². The molecule has 0 fully saturated rings. The summed E-state index contributed by atoms with van der Waals surface area (Å²) >= 11 is 0. The number of nitriles is 1. The first-order chi connectivity index (χ1) is 15.9. The van der Waals surface area contributed by atoms with E-state index in [-0.39, 0.29) is 12.5 Å². The molecule has 1 amide bonds. The van der Waals surface area contributed by atoms with Crippen molar-refractivity contribution in [2.75, 3.05) is 6.61 Å². The molecule has 0 aliphatic carbocycles. The number of nitrogens with one attached hydrogen (secondary N) is 1. The number of rotatable bonds is 4. The summed E-state index contributed by atoms with van der Waals surface area (Å²) in [6, 6.07) is 15.4. The Labute approximate surface area is 190 Å². The van der Waals surface area contributed by atoms with Gasteiger partial charge in [0.15, 0.2) is 0 Å². The van der Waals surface area contributed by atoms with Crippen LogP contribution < -0.4 is 5.32 Å². The Bertz CT molecular complexity index is 1420. The van der Waals surface area contributed by atoms with Crippen molar-refractivity contribution in [3.63, 3.8) is 0 Å². The number of ether oxygens (including phenoxy) is 1. The fraction of sp³-hybridized carbons (Fsp3) is 0.240. The Kier molecular flexibility index (Phi) is 5.11. The molecule has 33 heavy (non-hydrogen) atoms. The summed E-state index contributed by atoms with van der Waals surface area (Å²) in [5, 5.41) is 17.8. The highest BCUT2D eigenvalue weighted by atomic mass is 16.5. The maximum absolute atomic E-state index is 12.8. The first-order valence-corrected chi connectivity index (χ1v) is 10.6. The number of fused-ring (bicyclic) bond motifs is 2. The van der Waals surface area contributed by atoms with E-state index in [2.05, 4.69) is 21.5 Å². The number of pyridine rings is 2. The predicted molar refractivity (Wildman–Crippen MR) is 122 cm³/mol. The highest BCUT2D eigenvalue weighted by Crippen LogP contribution is 2.32. The lowest BCUT2D eigenvalue weighted by atomic mass is 9.79. The average molecular weight is 438 g/mol. The number of hydrogen-bond donors (Lipinski definition) is 1. The van der Waals surface area contributed by atoms with Crippen LogP contribution in [-0.4, -0.2) is 32.3 Å². The van der Waals surface area contributed by atoms with Gasteiger partial charge in [0.05, 0.1) is 42.7 Å². The molecule has 8 heteroatoms. The molecule has 5 rings (SSSR count). The zero-order valence-corrected chi connectivity index (χ0v) is 18.4. The summed E-state index contributed by atoms with van der Waals surface area (Å²) in [5.41, 5.74) is 4.60. The number of amides is 1. The minimum atomic E-state index is -0.763. The van der Waals surface area contributed by atoms with Crippen LogP contribution in [0.2, 0.25) is 0 Å². The molecule has 0 saturated heterocycles. The van der Waals surface area contributed by atoms with Crippen molar-refractivity contribution in [2.45, 2.75) is 25.5 Å². The molecule has 3 aromatic heterocycles. The van der Waals surface area contributed by atoms with Gasteiger partial charge in [0.2, 0.25) is 0 Å². The molecule has 4 aromatic rings. The van der Waals surface area contributed by atoms with Gasteiger partial charge in [0.1, 0.15) is 11.1 Å². The summed E-state index contributed by atoms with van der Waals surface area (Å²) in [5.74, 6) is -0.221. The van der Waals surface area contributed by atoms with Crippen LogP contribution in [0.15, 0.2) is 54.9 Å². The molecule has 1 N–H and O–H groups in total. The topological polar surface area (TPSA) is 106 Å². The maximum atomic E-state index is 12.8. The van der Waals surface area contributed by atoms with E-state index < -0.39 is 5.41 Å². The summed E-state index contributed by atoms with van der Waals surface area (Å²) in [7, 11) is 1.87. The smallest absolute Gasteiger partial charge is 0.251 e. The van der Waals surface area contributed by atoms with Gasteiger partial charge in [-0.25, -0.2) is 4.98 Å². The number of carbonyl (C=O) groups excluding carboxylic acids is 1. The van der Waals surface area contributed by atoms with Gasteiger partial charge < -0.3 is 10.1 Å². The quantitative estimate of drug-likeness (QED) is 0.524.